The molecular weight excluding hydrogens is 477 g/mol. The van der Waals surface area contributed by atoms with Crippen molar-refractivity contribution in [2.75, 3.05) is 0 Å². The second-order valence-electron chi connectivity index (χ2n) is 7.47. The number of aliphatic imine (C=N–C) groups is 1. The number of nitrogens with zero attached hydrogens (tertiary/aromatic N) is 2. The number of carboxylic acid groups (broad SMARTS) is 1. The Morgan fingerprint density at radius 3 is 2.59 bits per heavy atom. The first-order valence-corrected chi connectivity index (χ1v) is 12.4. The van der Waals surface area contributed by atoms with Crippen LogP contribution < -0.4 is 0 Å². The predicted octanol–water partition coefficient (Wildman–Crippen LogP) is 6.57. The zero-order chi connectivity index (χ0) is 23.0. The zero-order valence-corrected chi connectivity index (χ0v) is 19.6. The minimum absolute atomic E-state index is 0.0476. The van der Waals surface area contributed by atoms with Gasteiger partial charge in [-0.15, -0.1) is 34.9 Å². The minimum Gasteiger partial charge on any atom is -0.481 e. The van der Waals surface area contributed by atoms with Gasteiger partial charge in [-0.05, 0) is 38.1 Å². The molecule has 0 spiro atoms. The maximum absolute atomic E-state index is 12.8. The molecule has 2 aliphatic rings. The van der Waals surface area contributed by atoms with Crippen molar-refractivity contribution < 1.29 is 23.1 Å². The molecule has 0 bridgehead atoms. The maximum Gasteiger partial charge on any atom is 0.416 e. The molecule has 4 rings (SSSR count). The SMILES string of the molecule is CC1=CC(SCc2sc(-c3ccc(C(F)(F)F)cc3)nc2C)=CC2N=C(CC(=O)O)SC12. The summed E-state index contributed by atoms with van der Waals surface area (Å²) in [7, 11) is 0. The molecule has 0 radical (unpaired) electrons. The summed E-state index contributed by atoms with van der Waals surface area (Å²) in [6, 6.07) is 5.02. The predicted molar refractivity (Wildman–Crippen MR) is 125 cm³/mol. The number of hydrogen-bond acceptors (Lipinski definition) is 6. The van der Waals surface area contributed by atoms with E-state index in [2.05, 4.69) is 22.1 Å². The number of rotatable bonds is 6. The number of aryl methyl sites for hydroxylation is 1. The van der Waals surface area contributed by atoms with E-state index in [0.717, 1.165) is 27.6 Å². The lowest BCUT2D eigenvalue weighted by molar-refractivity contribution is -0.137. The number of benzene rings is 1. The monoisotopic (exact) mass is 496 g/mol. The highest BCUT2D eigenvalue weighted by Crippen LogP contribution is 2.41. The number of thiazole rings is 1. The highest BCUT2D eigenvalue weighted by atomic mass is 32.2. The second-order valence-corrected chi connectivity index (χ2v) is 10.8. The number of carboxylic acids is 1. The first-order valence-electron chi connectivity index (χ1n) is 9.72. The van der Waals surface area contributed by atoms with Gasteiger partial charge < -0.3 is 5.11 Å². The lowest BCUT2D eigenvalue weighted by Gasteiger charge is -2.21. The molecule has 1 aromatic carbocycles. The van der Waals surface area contributed by atoms with Crippen molar-refractivity contribution in [1.82, 2.24) is 4.98 Å². The van der Waals surface area contributed by atoms with Crippen LogP contribution in [0.5, 0.6) is 0 Å². The van der Waals surface area contributed by atoms with Crippen LogP contribution in [0.1, 0.15) is 29.5 Å². The molecule has 2 aromatic rings. The summed E-state index contributed by atoms with van der Waals surface area (Å²) in [4.78, 5) is 22.2. The molecule has 0 fully saturated rings. The Hall–Kier alpha value is -2.04. The van der Waals surface area contributed by atoms with Gasteiger partial charge in [0.15, 0.2) is 0 Å². The zero-order valence-electron chi connectivity index (χ0n) is 17.1. The second kappa shape index (κ2) is 9.07. The maximum atomic E-state index is 12.8. The molecule has 2 heterocycles. The van der Waals surface area contributed by atoms with Gasteiger partial charge in [0.2, 0.25) is 0 Å². The summed E-state index contributed by atoms with van der Waals surface area (Å²) in [5.74, 6) is -0.185. The van der Waals surface area contributed by atoms with Crippen LogP contribution in [0.4, 0.5) is 13.2 Å². The van der Waals surface area contributed by atoms with Gasteiger partial charge >= 0.3 is 12.1 Å². The quantitative estimate of drug-likeness (QED) is 0.490. The Bertz CT molecular complexity index is 1130. The lowest BCUT2D eigenvalue weighted by atomic mass is 10.0. The van der Waals surface area contributed by atoms with Gasteiger partial charge in [-0.25, -0.2) is 4.98 Å². The highest BCUT2D eigenvalue weighted by Gasteiger charge is 2.33. The van der Waals surface area contributed by atoms with E-state index in [1.165, 1.54) is 40.8 Å². The van der Waals surface area contributed by atoms with Crippen molar-refractivity contribution in [2.24, 2.45) is 4.99 Å². The summed E-state index contributed by atoms with van der Waals surface area (Å²) in [5.41, 5.74) is 2.03. The molecule has 2 unspecified atom stereocenters. The van der Waals surface area contributed by atoms with Crippen molar-refractivity contribution in [3.63, 3.8) is 0 Å². The van der Waals surface area contributed by atoms with Crippen LogP contribution in [0.3, 0.4) is 0 Å². The summed E-state index contributed by atoms with van der Waals surface area (Å²) >= 11 is 4.66. The van der Waals surface area contributed by atoms with Crippen molar-refractivity contribution in [3.05, 3.63) is 63.0 Å². The summed E-state index contributed by atoms with van der Waals surface area (Å²) in [5, 5.41) is 10.5. The van der Waals surface area contributed by atoms with Crippen LogP contribution in [0.2, 0.25) is 0 Å². The third-order valence-corrected chi connectivity index (χ3v) is 8.88. The normalized spacial score (nSPS) is 20.5. The van der Waals surface area contributed by atoms with E-state index < -0.39 is 17.7 Å². The standard InChI is InChI=1S/C22H19F3N2O2S3/c1-11-7-15(8-16-20(11)32-18(27-16)9-19(28)29)30-10-17-12(2)26-21(31-17)13-3-5-14(6-4-13)22(23,24)25/h3-8,16,20H,9-10H2,1-2H3,(H,28,29). The molecular formula is C22H19F3N2O2S3. The van der Waals surface area contributed by atoms with E-state index in [4.69, 9.17) is 5.11 Å². The average Bonchev–Trinajstić information content (AvgIpc) is 3.28. The van der Waals surface area contributed by atoms with E-state index in [1.807, 2.05) is 13.8 Å². The van der Waals surface area contributed by atoms with Crippen molar-refractivity contribution in [3.8, 4) is 10.6 Å². The minimum atomic E-state index is -4.35. The molecule has 2 atom stereocenters. The van der Waals surface area contributed by atoms with Crippen LogP contribution in [0.25, 0.3) is 10.6 Å². The van der Waals surface area contributed by atoms with Gasteiger partial charge in [0, 0.05) is 21.1 Å². The van der Waals surface area contributed by atoms with Crippen molar-refractivity contribution in [1.29, 1.82) is 0 Å². The first kappa shape index (κ1) is 23.1. The van der Waals surface area contributed by atoms with Gasteiger partial charge in [0.25, 0.3) is 0 Å². The third kappa shape index (κ3) is 5.13. The molecule has 10 heteroatoms. The van der Waals surface area contributed by atoms with E-state index in [0.29, 0.717) is 21.4 Å². The van der Waals surface area contributed by atoms with Crippen LogP contribution in [0.15, 0.2) is 51.9 Å². The molecule has 1 aliphatic heterocycles. The molecule has 1 aromatic heterocycles. The molecule has 4 nitrogen and oxygen atoms in total. The van der Waals surface area contributed by atoms with E-state index in [1.54, 1.807) is 11.8 Å². The van der Waals surface area contributed by atoms with Crippen molar-refractivity contribution >= 4 is 45.9 Å². The summed E-state index contributed by atoms with van der Waals surface area (Å²) < 4.78 is 38.4. The Balaban J connectivity index is 1.45. The number of aliphatic carboxylic acids is 1. The van der Waals surface area contributed by atoms with Crippen LogP contribution in [-0.2, 0) is 16.7 Å². The molecule has 1 aliphatic carbocycles. The number of thioether (sulfide) groups is 2. The Kier molecular flexibility index (Phi) is 6.56. The fraction of sp³-hybridized carbons (Fsp3) is 0.318. The van der Waals surface area contributed by atoms with Crippen LogP contribution >= 0.6 is 34.9 Å². The van der Waals surface area contributed by atoms with Crippen LogP contribution in [0, 0.1) is 6.92 Å². The summed E-state index contributed by atoms with van der Waals surface area (Å²) in [6.45, 7) is 3.94. The number of hydrogen-bond donors (Lipinski definition) is 1. The molecule has 32 heavy (non-hydrogen) atoms. The topological polar surface area (TPSA) is 62.5 Å². The van der Waals surface area contributed by atoms with E-state index >= 15 is 0 Å². The Labute approximate surface area is 195 Å². The van der Waals surface area contributed by atoms with Crippen molar-refractivity contribution in [2.45, 2.75) is 43.5 Å². The first-order chi connectivity index (χ1) is 15.1. The van der Waals surface area contributed by atoms with Gasteiger partial charge in [-0.2, -0.15) is 13.2 Å². The van der Waals surface area contributed by atoms with Crippen LogP contribution in [-0.4, -0.2) is 32.4 Å². The molecule has 0 saturated heterocycles. The van der Waals surface area contributed by atoms with E-state index in [9.17, 15) is 18.0 Å². The third-order valence-electron chi connectivity index (χ3n) is 5.04. The number of allylic oxidation sites excluding steroid dienone is 1. The van der Waals surface area contributed by atoms with Gasteiger partial charge in [0.05, 0.1) is 34.0 Å². The summed E-state index contributed by atoms with van der Waals surface area (Å²) in [6.07, 6.45) is -0.204. The fourth-order valence-corrected chi connectivity index (χ4v) is 6.94. The average molecular weight is 497 g/mol. The van der Waals surface area contributed by atoms with Gasteiger partial charge in [-0.3, -0.25) is 9.79 Å². The lowest BCUT2D eigenvalue weighted by Crippen LogP contribution is -2.19. The van der Waals surface area contributed by atoms with Gasteiger partial charge in [0.1, 0.15) is 5.01 Å². The number of alkyl halides is 3. The smallest absolute Gasteiger partial charge is 0.416 e. The molecule has 0 saturated carbocycles. The molecule has 0 amide bonds. The Morgan fingerprint density at radius 1 is 1.22 bits per heavy atom. The van der Waals surface area contributed by atoms with E-state index in [-0.39, 0.29) is 17.7 Å². The molecule has 168 valence electrons. The Morgan fingerprint density at radius 2 is 1.94 bits per heavy atom. The number of fused-ring (bicyclic) bond motifs is 1. The molecule has 1 N–H and O–H groups in total. The highest BCUT2D eigenvalue weighted by molar-refractivity contribution is 8.15. The number of aromatic nitrogens is 1. The number of carbonyl (C=O) groups is 1. The fourth-order valence-electron chi connectivity index (χ4n) is 3.43. The largest absolute Gasteiger partial charge is 0.481 e. The number of halogens is 3. The van der Waals surface area contributed by atoms with Gasteiger partial charge in [-0.1, -0.05) is 17.7 Å².